The van der Waals surface area contributed by atoms with E-state index in [-0.39, 0.29) is 18.5 Å². The second kappa shape index (κ2) is 7.27. The summed E-state index contributed by atoms with van der Waals surface area (Å²) in [4.78, 5) is 13.0. The van der Waals surface area contributed by atoms with E-state index in [9.17, 15) is 4.79 Å². The van der Waals surface area contributed by atoms with Gasteiger partial charge in [-0.1, -0.05) is 11.4 Å². The Labute approximate surface area is 112 Å². The second-order valence-electron chi connectivity index (χ2n) is 4.44. The fourth-order valence-electron chi connectivity index (χ4n) is 1.50. The van der Waals surface area contributed by atoms with Gasteiger partial charge in [0, 0.05) is 30.7 Å². The van der Waals surface area contributed by atoms with Crippen LogP contribution in [0.4, 0.5) is 5.00 Å². The normalized spacial score (nSPS) is 11.2. The molecule has 6 nitrogen and oxygen atoms in total. The van der Waals surface area contributed by atoms with Crippen LogP contribution in [0.5, 0.6) is 0 Å². The van der Waals surface area contributed by atoms with Gasteiger partial charge in [-0.05, 0) is 20.3 Å². The van der Waals surface area contributed by atoms with Gasteiger partial charge in [-0.15, -0.1) is 5.10 Å². The molecule has 1 rings (SSSR count). The van der Waals surface area contributed by atoms with Crippen LogP contribution in [0, 0.1) is 0 Å². The Bertz CT molecular complexity index is 379. The SMILES string of the molecule is CCCNc1snnc1CN(CC(N)=O)C(C)C. The zero-order chi connectivity index (χ0) is 13.5. The standard InChI is InChI=1S/C11H21N5OS/c1-4-5-13-11-9(14-15-18-11)6-16(8(2)3)7-10(12)17/h8,13H,4-7H2,1-3H3,(H2,12,17). The Morgan fingerprint density at radius 3 is 2.83 bits per heavy atom. The van der Waals surface area contributed by atoms with Crippen LogP contribution in [0.2, 0.25) is 0 Å². The molecule has 0 saturated carbocycles. The number of amides is 1. The summed E-state index contributed by atoms with van der Waals surface area (Å²) in [5, 5.41) is 8.38. The lowest BCUT2D eigenvalue weighted by Crippen LogP contribution is -2.38. The van der Waals surface area contributed by atoms with Gasteiger partial charge in [0.25, 0.3) is 0 Å². The number of carbonyl (C=O) groups excluding carboxylic acids is 1. The summed E-state index contributed by atoms with van der Waals surface area (Å²) in [5.74, 6) is -0.324. The van der Waals surface area contributed by atoms with E-state index in [0.717, 1.165) is 23.7 Å². The van der Waals surface area contributed by atoms with Gasteiger partial charge >= 0.3 is 0 Å². The highest BCUT2D eigenvalue weighted by Gasteiger charge is 2.17. The minimum Gasteiger partial charge on any atom is -0.374 e. The first-order chi connectivity index (χ1) is 8.54. The van der Waals surface area contributed by atoms with E-state index in [1.54, 1.807) is 0 Å². The van der Waals surface area contributed by atoms with Crippen molar-refractivity contribution in [3.8, 4) is 0 Å². The highest BCUT2D eigenvalue weighted by atomic mass is 32.1. The van der Waals surface area contributed by atoms with Crippen LogP contribution in [-0.4, -0.2) is 39.5 Å². The number of nitrogens with two attached hydrogens (primary N) is 1. The summed E-state index contributed by atoms with van der Waals surface area (Å²) >= 11 is 1.35. The third-order valence-corrected chi connectivity index (χ3v) is 3.26. The molecule has 0 atom stereocenters. The molecule has 1 amide bonds. The number of hydrogen-bond acceptors (Lipinski definition) is 6. The van der Waals surface area contributed by atoms with Crippen LogP contribution in [0.1, 0.15) is 32.9 Å². The topological polar surface area (TPSA) is 84.1 Å². The van der Waals surface area contributed by atoms with Crippen molar-refractivity contribution in [2.24, 2.45) is 5.73 Å². The summed E-state index contributed by atoms with van der Waals surface area (Å²) in [6.07, 6.45) is 1.05. The van der Waals surface area contributed by atoms with Gasteiger partial charge in [-0.25, -0.2) is 0 Å². The zero-order valence-corrected chi connectivity index (χ0v) is 12.0. The number of nitrogens with one attached hydrogen (secondary N) is 1. The van der Waals surface area contributed by atoms with Gasteiger partial charge < -0.3 is 11.1 Å². The average molecular weight is 271 g/mol. The second-order valence-corrected chi connectivity index (χ2v) is 5.19. The van der Waals surface area contributed by atoms with Crippen molar-refractivity contribution in [1.29, 1.82) is 0 Å². The molecule has 1 heterocycles. The smallest absolute Gasteiger partial charge is 0.231 e. The van der Waals surface area contributed by atoms with Crippen LogP contribution in [0.25, 0.3) is 0 Å². The molecule has 7 heteroatoms. The summed E-state index contributed by atoms with van der Waals surface area (Å²) in [6.45, 7) is 7.89. The number of aromatic nitrogens is 2. The van der Waals surface area contributed by atoms with Crippen molar-refractivity contribution < 1.29 is 4.79 Å². The summed E-state index contributed by atoms with van der Waals surface area (Å²) in [6, 6.07) is 0.234. The van der Waals surface area contributed by atoms with Crippen LogP contribution < -0.4 is 11.1 Å². The Morgan fingerprint density at radius 1 is 1.56 bits per heavy atom. The molecule has 0 saturated heterocycles. The lowest BCUT2D eigenvalue weighted by atomic mass is 10.3. The molecule has 0 bridgehead atoms. The van der Waals surface area contributed by atoms with E-state index in [4.69, 9.17) is 5.73 Å². The van der Waals surface area contributed by atoms with Crippen molar-refractivity contribution in [3.05, 3.63) is 5.69 Å². The minimum atomic E-state index is -0.324. The van der Waals surface area contributed by atoms with Gasteiger partial charge in [0.1, 0.15) is 10.7 Å². The molecule has 0 spiro atoms. The number of hydrogen-bond donors (Lipinski definition) is 2. The number of anilines is 1. The van der Waals surface area contributed by atoms with E-state index in [1.165, 1.54) is 11.5 Å². The van der Waals surface area contributed by atoms with Crippen molar-refractivity contribution in [1.82, 2.24) is 14.5 Å². The molecular weight excluding hydrogens is 250 g/mol. The highest BCUT2D eigenvalue weighted by Crippen LogP contribution is 2.20. The molecular formula is C11H21N5OS. The molecule has 0 unspecified atom stereocenters. The first-order valence-corrected chi connectivity index (χ1v) is 6.89. The molecule has 0 aliphatic heterocycles. The molecule has 1 aromatic rings. The predicted octanol–water partition coefficient (Wildman–Crippen LogP) is 1.06. The molecule has 18 heavy (non-hydrogen) atoms. The predicted molar refractivity (Wildman–Crippen MR) is 73.4 cm³/mol. The first kappa shape index (κ1) is 14.8. The van der Waals surface area contributed by atoms with Crippen molar-refractivity contribution in [2.45, 2.75) is 39.8 Å². The Morgan fingerprint density at radius 2 is 2.28 bits per heavy atom. The van der Waals surface area contributed by atoms with Gasteiger partial charge in [0.2, 0.25) is 5.91 Å². The van der Waals surface area contributed by atoms with Crippen LogP contribution in [0.15, 0.2) is 0 Å². The van der Waals surface area contributed by atoms with Crippen molar-refractivity contribution in [2.75, 3.05) is 18.4 Å². The third kappa shape index (κ3) is 4.58. The summed E-state index contributed by atoms with van der Waals surface area (Å²) < 4.78 is 3.95. The van der Waals surface area contributed by atoms with Gasteiger partial charge in [-0.2, -0.15) is 0 Å². The first-order valence-electron chi connectivity index (χ1n) is 6.12. The quantitative estimate of drug-likeness (QED) is 0.738. The lowest BCUT2D eigenvalue weighted by molar-refractivity contribution is -0.119. The number of nitrogens with zero attached hydrogens (tertiary/aromatic N) is 3. The van der Waals surface area contributed by atoms with Crippen LogP contribution in [0.3, 0.4) is 0 Å². The number of primary amides is 1. The highest BCUT2D eigenvalue weighted by molar-refractivity contribution is 7.10. The fourth-order valence-corrected chi connectivity index (χ4v) is 2.10. The fraction of sp³-hybridized carbons (Fsp3) is 0.727. The molecule has 0 aliphatic carbocycles. The molecule has 1 aromatic heterocycles. The van der Waals surface area contributed by atoms with Crippen LogP contribution in [-0.2, 0) is 11.3 Å². The molecule has 3 N–H and O–H groups in total. The number of carbonyl (C=O) groups is 1. The van der Waals surface area contributed by atoms with Crippen molar-refractivity contribution >= 4 is 22.4 Å². The van der Waals surface area contributed by atoms with E-state index in [0.29, 0.717) is 6.54 Å². The van der Waals surface area contributed by atoms with E-state index >= 15 is 0 Å². The Balaban J connectivity index is 2.68. The van der Waals surface area contributed by atoms with Gasteiger partial charge in [-0.3, -0.25) is 9.69 Å². The molecule has 0 fully saturated rings. The lowest BCUT2D eigenvalue weighted by Gasteiger charge is -2.24. The van der Waals surface area contributed by atoms with E-state index < -0.39 is 0 Å². The van der Waals surface area contributed by atoms with E-state index in [1.807, 2.05) is 18.7 Å². The maximum atomic E-state index is 11.0. The Hall–Kier alpha value is -1.21. The Kier molecular flexibility index (Phi) is 6.00. The monoisotopic (exact) mass is 271 g/mol. The van der Waals surface area contributed by atoms with Crippen LogP contribution >= 0.6 is 11.5 Å². The largest absolute Gasteiger partial charge is 0.374 e. The molecule has 0 aromatic carbocycles. The third-order valence-electron chi connectivity index (χ3n) is 2.53. The van der Waals surface area contributed by atoms with Crippen molar-refractivity contribution in [3.63, 3.8) is 0 Å². The summed E-state index contributed by atoms with van der Waals surface area (Å²) in [7, 11) is 0. The zero-order valence-electron chi connectivity index (χ0n) is 11.1. The summed E-state index contributed by atoms with van der Waals surface area (Å²) in [5.41, 5.74) is 6.13. The van der Waals surface area contributed by atoms with E-state index in [2.05, 4.69) is 21.8 Å². The minimum absolute atomic E-state index is 0.234. The maximum absolute atomic E-state index is 11.0. The maximum Gasteiger partial charge on any atom is 0.231 e. The average Bonchev–Trinajstić information content (AvgIpc) is 2.72. The van der Waals surface area contributed by atoms with Gasteiger partial charge in [0.15, 0.2) is 0 Å². The van der Waals surface area contributed by atoms with Gasteiger partial charge in [0.05, 0.1) is 6.54 Å². The number of rotatable bonds is 8. The molecule has 0 aliphatic rings. The molecule has 0 radical (unpaired) electrons. The molecule has 102 valence electrons.